The average Bonchev–Trinajstić information content (AvgIpc) is 2.44. The molecule has 0 aliphatic carbocycles. The minimum atomic E-state index is 0. The summed E-state index contributed by atoms with van der Waals surface area (Å²) >= 11 is 0. The molecule has 21 heavy (non-hydrogen) atoms. The minimum absolute atomic E-state index is 0. The van der Waals surface area contributed by atoms with E-state index in [0.29, 0.717) is 19.8 Å². The largest absolute Gasteiger partial charge is 0.491 e. The molecular weight excluding hydrogens is 290 g/mol. The van der Waals surface area contributed by atoms with Crippen molar-refractivity contribution in [2.45, 2.75) is 33.2 Å². The second kappa shape index (κ2) is 11.8. The van der Waals surface area contributed by atoms with Crippen LogP contribution < -0.4 is 10.1 Å². The average molecular weight is 318 g/mol. The summed E-state index contributed by atoms with van der Waals surface area (Å²) in [5.74, 6) is 0.920. The summed E-state index contributed by atoms with van der Waals surface area (Å²) in [6, 6.07) is 6.33. The topological polar surface area (TPSA) is 50.7 Å². The molecule has 0 radical (unpaired) electrons. The number of nitrogens with one attached hydrogen (secondary N) is 1. The van der Waals surface area contributed by atoms with E-state index in [1.807, 2.05) is 26.0 Å². The van der Waals surface area contributed by atoms with E-state index in [2.05, 4.69) is 18.3 Å². The van der Waals surface area contributed by atoms with E-state index in [1.54, 1.807) is 0 Å². The van der Waals surface area contributed by atoms with Crippen LogP contribution in [0, 0.1) is 13.8 Å². The molecule has 1 atom stereocenters. The number of halogens is 1. The normalized spacial score (nSPS) is 11.8. The van der Waals surface area contributed by atoms with Crippen molar-refractivity contribution in [2.24, 2.45) is 0 Å². The van der Waals surface area contributed by atoms with Gasteiger partial charge in [-0.25, -0.2) is 0 Å². The Morgan fingerprint density at radius 3 is 2.57 bits per heavy atom. The molecule has 0 heterocycles. The van der Waals surface area contributed by atoms with E-state index in [4.69, 9.17) is 14.6 Å². The molecule has 0 aromatic heterocycles. The number of hydrogen-bond acceptors (Lipinski definition) is 4. The molecular formula is C16H28ClNO3. The van der Waals surface area contributed by atoms with E-state index in [9.17, 15) is 0 Å². The van der Waals surface area contributed by atoms with Gasteiger partial charge in [0.25, 0.3) is 0 Å². The number of aliphatic hydroxyl groups is 1. The number of hydrogen-bond donors (Lipinski definition) is 2. The molecule has 1 aromatic carbocycles. The Balaban J connectivity index is 0.00000400. The lowest BCUT2D eigenvalue weighted by atomic mass is 10.1. The van der Waals surface area contributed by atoms with Crippen molar-refractivity contribution in [1.82, 2.24) is 5.32 Å². The summed E-state index contributed by atoms with van der Waals surface area (Å²) in [6.07, 6.45) is 0.923. The molecule has 0 fully saturated rings. The van der Waals surface area contributed by atoms with Crippen molar-refractivity contribution >= 4 is 12.4 Å². The molecule has 5 heteroatoms. The zero-order valence-electron chi connectivity index (χ0n) is 13.2. The van der Waals surface area contributed by atoms with Gasteiger partial charge in [-0.3, -0.25) is 0 Å². The molecule has 0 saturated heterocycles. The Hall–Kier alpha value is -0.810. The van der Waals surface area contributed by atoms with Crippen molar-refractivity contribution < 1.29 is 14.6 Å². The lowest BCUT2D eigenvalue weighted by molar-refractivity contribution is 0.0979. The molecule has 2 N–H and O–H groups in total. The molecule has 0 saturated carbocycles. The van der Waals surface area contributed by atoms with Gasteiger partial charge in [-0.15, -0.1) is 12.4 Å². The first kappa shape index (κ1) is 20.2. The molecule has 4 nitrogen and oxygen atoms in total. The molecule has 0 amide bonds. The predicted octanol–water partition coefficient (Wildman–Crippen LogP) is 2.48. The minimum Gasteiger partial charge on any atom is -0.491 e. The summed E-state index contributed by atoms with van der Waals surface area (Å²) in [7, 11) is 0. The van der Waals surface area contributed by atoms with Gasteiger partial charge in [0.05, 0.1) is 19.8 Å². The van der Waals surface area contributed by atoms with E-state index < -0.39 is 0 Å². The Kier molecular flexibility index (Phi) is 11.4. The van der Waals surface area contributed by atoms with E-state index in [1.165, 1.54) is 5.56 Å². The predicted molar refractivity (Wildman–Crippen MR) is 88.6 cm³/mol. The fourth-order valence-corrected chi connectivity index (χ4v) is 1.95. The zero-order chi connectivity index (χ0) is 14.8. The summed E-state index contributed by atoms with van der Waals surface area (Å²) in [4.78, 5) is 0. The van der Waals surface area contributed by atoms with Crippen LogP contribution in [0.25, 0.3) is 0 Å². The van der Waals surface area contributed by atoms with Gasteiger partial charge in [0.2, 0.25) is 0 Å². The Morgan fingerprint density at radius 2 is 1.95 bits per heavy atom. The van der Waals surface area contributed by atoms with Gasteiger partial charge >= 0.3 is 0 Å². The monoisotopic (exact) mass is 317 g/mol. The van der Waals surface area contributed by atoms with Gasteiger partial charge in [0, 0.05) is 12.6 Å². The quantitative estimate of drug-likeness (QED) is 0.651. The van der Waals surface area contributed by atoms with Gasteiger partial charge < -0.3 is 19.9 Å². The van der Waals surface area contributed by atoms with Crippen LogP contribution in [0.3, 0.4) is 0 Å². The van der Waals surface area contributed by atoms with Crippen molar-refractivity contribution in [2.75, 3.05) is 33.0 Å². The van der Waals surface area contributed by atoms with Crippen LogP contribution >= 0.6 is 12.4 Å². The third-order valence-electron chi connectivity index (χ3n) is 3.21. The van der Waals surface area contributed by atoms with Crippen LogP contribution in [-0.2, 0) is 4.74 Å². The van der Waals surface area contributed by atoms with Gasteiger partial charge in [-0.05, 0) is 31.9 Å². The SMILES string of the molecule is CC[C@@H](CO)NCCOCCOc1ccc(C)cc1C.Cl. The van der Waals surface area contributed by atoms with Crippen LogP contribution in [0.2, 0.25) is 0 Å². The van der Waals surface area contributed by atoms with Gasteiger partial charge in [-0.2, -0.15) is 0 Å². The fourth-order valence-electron chi connectivity index (χ4n) is 1.95. The first-order valence-corrected chi connectivity index (χ1v) is 7.29. The van der Waals surface area contributed by atoms with Gasteiger partial charge in [0.15, 0.2) is 0 Å². The molecule has 0 bridgehead atoms. The van der Waals surface area contributed by atoms with Crippen LogP contribution in [-0.4, -0.2) is 44.1 Å². The van der Waals surface area contributed by atoms with Crippen LogP contribution in [0.5, 0.6) is 5.75 Å². The van der Waals surface area contributed by atoms with Crippen molar-refractivity contribution in [1.29, 1.82) is 0 Å². The fraction of sp³-hybridized carbons (Fsp3) is 0.625. The van der Waals surface area contributed by atoms with Crippen LogP contribution in [0.4, 0.5) is 0 Å². The van der Waals surface area contributed by atoms with E-state index in [0.717, 1.165) is 24.3 Å². The maximum atomic E-state index is 9.01. The van der Waals surface area contributed by atoms with Gasteiger partial charge in [-0.1, -0.05) is 24.6 Å². The highest BCUT2D eigenvalue weighted by Crippen LogP contribution is 2.18. The molecule has 0 unspecified atom stereocenters. The highest BCUT2D eigenvalue weighted by molar-refractivity contribution is 5.85. The number of benzene rings is 1. The molecule has 0 spiro atoms. The van der Waals surface area contributed by atoms with Crippen molar-refractivity contribution in [3.63, 3.8) is 0 Å². The standard InChI is InChI=1S/C16H27NO3.ClH/c1-4-15(12-18)17-7-8-19-9-10-20-16-6-5-13(2)11-14(16)3;/h5-6,11,15,17-18H,4,7-10,12H2,1-3H3;1H/t15-;/m0./s1. The third kappa shape index (κ3) is 8.27. The Morgan fingerprint density at radius 1 is 1.19 bits per heavy atom. The maximum Gasteiger partial charge on any atom is 0.122 e. The number of ether oxygens (including phenoxy) is 2. The number of aliphatic hydroxyl groups excluding tert-OH is 1. The molecule has 1 rings (SSSR count). The number of rotatable bonds is 10. The second-order valence-corrected chi connectivity index (χ2v) is 4.97. The molecule has 0 aliphatic heterocycles. The van der Waals surface area contributed by atoms with Crippen molar-refractivity contribution in [3.8, 4) is 5.75 Å². The zero-order valence-corrected chi connectivity index (χ0v) is 14.0. The smallest absolute Gasteiger partial charge is 0.122 e. The highest BCUT2D eigenvalue weighted by atomic mass is 35.5. The summed E-state index contributed by atoms with van der Waals surface area (Å²) in [5.41, 5.74) is 2.40. The Bertz CT molecular complexity index is 384. The Labute approximate surface area is 134 Å². The van der Waals surface area contributed by atoms with Crippen LogP contribution in [0.1, 0.15) is 24.5 Å². The molecule has 122 valence electrons. The highest BCUT2D eigenvalue weighted by Gasteiger charge is 2.02. The first-order chi connectivity index (χ1) is 9.67. The second-order valence-electron chi connectivity index (χ2n) is 4.97. The van der Waals surface area contributed by atoms with Crippen molar-refractivity contribution in [3.05, 3.63) is 29.3 Å². The van der Waals surface area contributed by atoms with Gasteiger partial charge in [0.1, 0.15) is 12.4 Å². The first-order valence-electron chi connectivity index (χ1n) is 7.29. The lowest BCUT2D eigenvalue weighted by Gasteiger charge is -2.14. The molecule has 0 aliphatic rings. The maximum absolute atomic E-state index is 9.01. The van der Waals surface area contributed by atoms with E-state index in [-0.39, 0.29) is 25.1 Å². The summed E-state index contributed by atoms with van der Waals surface area (Å²) < 4.78 is 11.2. The summed E-state index contributed by atoms with van der Waals surface area (Å²) in [6.45, 7) is 8.86. The van der Waals surface area contributed by atoms with Crippen LogP contribution in [0.15, 0.2) is 18.2 Å². The summed E-state index contributed by atoms with van der Waals surface area (Å²) in [5, 5.41) is 12.2. The lowest BCUT2D eigenvalue weighted by Crippen LogP contribution is -2.34. The number of aryl methyl sites for hydroxylation is 2. The molecule has 1 aromatic rings. The third-order valence-corrected chi connectivity index (χ3v) is 3.21. The van der Waals surface area contributed by atoms with E-state index >= 15 is 0 Å².